The number of likely N-dealkylation sites (N-methyl/N-ethyl adjacent to an activating group) is 1. The van der Waals surface area contributed by atoms with Crippen LogP contribution in [0.25, 0.3) is 0 Å². The van der Waals surface area contributed by atoms with Gasteiger partial charge in [0.15, 0.2) is 0 Å². The third kappa shape index (κ3) is 2.72. The van der Waals surface area contributed by atoms with Crippen LogP contribution in [0.1, 0.15) is 42.1 Å². The normalized spacial score (nSPS) is 19.2. The predicted octanol–water partition coefficient (Wildman–Crippen LogP) is 2.24. The van der Waals surface area contributed by atoms with E-state index in [9.17, 15) is 4.79 Å². The van der Waals surface area contributed by atoms with E-state index in [0.29, 0.717) is 12.0 Å². The van der Waals surface area contributed by atoms with Crippen LogP contribution in [0.2, 0.25) is 0 Å². The highest BCUT2D eigenvalue weighted by Gasteiger charge is 2.24. The summed E-state index contributed by atoms with van der Waals surface area (Å²) in [5.41, 5.74) is 2.02. The summed E-state index contributed by atoms with van der Waals surface area (Å²) in [6, 6.07) is 8.32. The van der Waals surface area contributed by atoms with Crippen molar-refractivity contribution in [1.29, 1.82) is 0 Å². The number of rotatable bonds is 3. The molecule has 1 atom stereocenters. The molecule has 1 amide bonds. The summed E-state index contributed by atoms with van der Waals surface area (Å²) in [5, 5.41) is 3.30. The molecule has 1 aliphatic heterocycles. The van der Waals surface area contributed by atoms with Gasteiger partial charge < -0.3 is 10.2 Å². The Balaban J connectivity index is 2.14. The van der Waals surface area contributed by atoms with Gasteiger partial charge in [0.25, 0.3) is 5.91 Å². The smallest absolute Gasteiger partial charge is 0.253 e. The molecule has 1 fully saturated rings. The van der Waals surface area contributed by atoms with Gasteiger partial charge in [-0.3, -0.25) is 4.79 Å². The van der Waals surface area contributed by atoms with E-state index in [4.69, 9.17) is 0 Å². The van der Waals surface area contributed by atoms with Crippen molar-refractivity contribution in [2.75, 3.05) is 20.1 Å². The van der Waals surface area contributed by atoms with Crippen LogP contribution in [0.4, 0.5) is 0 Å². The number of amides is 1. The van der Waals surface area contributed by atoms with E-state index in [1.54, 1.807) is 0 Å². The Morgan fingerprint density at radius 1 is 1.44 bits per heavy atom. The van der Waals surface area contributed by atoms with Crippen LogP contribution < -0.4 is 5.32 Å². The first-order valence-electron chi connectivity index (χ1n) is 6.67. The van der Waals surface area contributed by atoms with Crippen LogP contribution in [-0.2, 0) is 0 Å². The first-order valence-corrected chi connectivity index (χ1v) is 6.67. The molecule has 1 N–H and O–H groups in total. The molecule has 0 saturated carbocycles. The number of nitrogens with one attached hydrogen (secondary N) is 1. The third-order valence-corrected chi connectivity index (χ3v) is 3.70. The van der Waals surface area contributed by atoms with Gasteiger partial charge in [-0.1, -0.05) is 26.0 Å². The highest BCUT2D eigenvalue weighted by molar-refractivity contribution is 5.94. The number of carbonyl (C=O) groups excluding carboxylic acids is 1. The van der Waals surface area contributed by atoms with Crippen molar-refractivity contribution in [2.45, 2.75) is 32.2 Å². The van der Waals surface area contributed by atoms with Crippen molar-refractivity contribution in [3.05, 3.63) is 35.4 Å². The highest BCUT2D eigenvalue weighted by atomic mass is 16.2. The van der Waals surface area contributed by atoms with Crippen molar-refractivity contribution in [3.63, 3.8) is 0 Å². The van der Waals surface area contributed by atoms with Gasteiger partial charge in [0.2, 0.25) is 0 Å². The molecule has 1 aromatic rings. The third-order valence-electron chi connectivity index (χ3n) is 3.70. The SMILES string of the molecule is CC(C)c1cccc(C(=O)N(C)[C@@H]2CCNC2)c1. The van der Waals surface area contributed by atoms with Gasteiger partial charge in [0.1, 0.15) is 0 Å². The second-order valence-corrected chi connectivity index (χ2v) is 5.34. The summed E-state index contributed by atoms with van der Waals surface area (Å²) in [6.07, 6.45) is 1.05. The number of nitrogens with zero attached hydrogens (tertiary/aromatic N) is 1. The van der Waals surface area contributed by atoms with Crippen LogP contribution >= 0.6 is 0 Å². The van der Waals surface area contributed by atoms with Gasteiger partial charge in [-0.05, 0) is 36.6 Å². The molecule has 18 heavy (non-hydrogen) atoms. The molecular weight excluding hydrogens is 224 g/mol. The minimum atomic E-state index is 0.131. The molecule has 98 valence electrons. The maximum absolute atomic E-state index is 12.4. The molecule has 1 saturated heterocycles. The number of hydrogen-bond donors (Lipinski definition) is 1. The Labute approximate surface area is 109 Å². The molecule has 3 heteroatoms. The van der Waals surface area contributed by atoms with E-state index in [0.717, 1.165) is 25.1 Å². The molecular formula is C15H22N2O. The standard InChI is InChI=1S/C15H22N2O/c1-11(2)12-5-4-6-13(9-12)15(18)17(3)14-7-8-16-10-14/h4-6,9,11,14,16H,7-8,10H2,1-3H3/t14-/m1/s1. The fourth-order valence-corrected chi connectivity index (χ4v) is 2.37. The lowest BCUT2D eigenvalue weighted by Gasteiger charge is -2.24. The summed E-state index contributed by atoms with van der Waals surface area (Å²) in [7, 11) is 1.90. The molecule has 3 nitrogen and oxygen atoms in total. The van der Waals surface area contributed by atoms with E-state index >= 15 is 0 Å². The molecule has 0 aliphatic carbocycles. The average molecular weight is 246 g/mol. The maximum Gasteiger partial charge on any atom is 0.253 e. The maximum atomic E-state index is 12.4. The van der Waals surface area contributed by atoms with Crippen molar-refractivity contribution in [3.8, 4) is 0 Å². The van der Waals surface area contributed by atoms with Crippen molar-refractivity contribution in [2.24, 2.45) is 0 Å². The second kappa shape index (κ2) is 5.53. The monoisotopic (exact) mass is 246 g/mol. The first kappa shape index (κ1) is 13.1. The van der Waals surface area contributed by atoms with Crippen LogP contribution in [0.15, 0.2) is 24.3 Å². The van der Waals surface area contributed by atoms with Gasteiger partial charge >= 0.3 is 0 Å². The quantitative estimate of drug-likeness (QED) is 0.887. The minimum Gasteiger partial charge on any atom is -0.337 e. The Morgan fingerprint density at radius 2 is 2.22 bits per heavy atom. The van der Waals surface area contributed by atoms with Gasteiger partial charge in [-0.15, -0.1) is 0 Å². The van der Waals surface area contributed by atoms with Gasteiger partial charge in [0, 0.05) is 25.2 Å². The molecule has 0 unspecified atom stereocenters. The van der Waals surface area contributed by atoms with Gasteiger partial charge in [0.05, 0.1) is 0 Å². The van der Waals surface area contributed by atoms with Crippen molar-refractivity contribution >= 4 is 5.91 Å². The summed E-state index contributed by atoms with van der Waals surface area (Å²) >= 11 is 0. The molecule has 0 radical (unpaired) electrons. The van der Waals surface area contributed by atoms with Gasteiger partial charge in [-0.2, -0.15) is 0 Å². The lowest BCUT2D eigenvalue weighted by atomic mass is 10.0. The first-order chi connectivity index (χ1) is 8.59. The number of benzene rings is 1. The zero-order chi connectivity index (χ0) is 13.1. The highest BCUT2D eigenvalue weighted by Crippen LogP contribution is 2.18. The summed E-state index contributed by atoms with van der Waals surface area (Å²) in [5.74, 6) is 0.586. The minimum absolute atomic E-state index is 0.131. The molecule has 0 bridgehead atoms. The number of hydrogen-bond acceptors (Lipinski definition) is 2. The van der Waals surface area contributed by atoms with E-state index < -0.39 is 0 Å². The molecule has 0 spiro atoms. The lowest BCUT2D eigenvalue weighted by molar-refractivity contribution is 0.0743. The fraction of sp³-hybridized carbons (Fsp3) is 0.533. The Hall–Kier alpha value is -1.35. The van der Waals surface area contributed by atoms with Crippen LogP contribution in [-0.4, -0.2) is 37.0 Å². The van der Waals surface area contributed by atoms with E-state index in [1.807, 2.05) is 30.1 Å². The topological polar surface area (TPSA) is 32.3 Å². The van der Waals surface area contributed by atoms with Crippen LogP contribution in [0.5, 0.6) is 0 Å². The second-order valence-electron chi connectivity index (χ2n) is 5.34. The largest absolute Gasteiger partial charge is 0.337 e. The zero-order valence-corrected chi connectivity index (χ0v) is 11.4. The molecule has 2 rings (SSSR count). The van der Waals surface area contributed by atoms with Crippen LogP contribution in [0.3, 0.4) is 0 Å². The molecule has 1 aliphatic rings. The van der Waals surface area contributed by atoms with E-state index in [-0.39, 0.29) is 5.91 Å². The van der Waals surface area contributed by atoms with Crippen molar-refractivity contribution in [1.82, 2.24) is 10.2 Å². The Bertz CT molecular complexity index is 422. The zero-order valence-electron chi connectivity index (χ0n) is 11.4. The molecule has 0 aromatic heterocycles. The predicted molar refractivity (Wildman–Crippen MR) is 73.9 cm³/mol. The fourth-order valence-electron chi connectivity index (χ4n) is 2.37. The molecule has 1 aromatic carbocycles. The summed E-state index contributed by atoms with van der Waals surface area (Å²) in [4.78, 5) is 14.3. The molecule has 1 heterocycles. The Morgan fingerprint density at radius 3 is 2.83 bits per heavy atom. The van der Waals surface area contributed by atoms with Crippen molar-refractivity contribution < 1.29 is 4.79 Å². The van der Waals surface area contributed by atoms with E-state index in [2.05, 4.69) is 25.2 Å². The number of carbonyl (C=O) groups is 1. The lowest BCUT2D eigenvalue weighted by Crippen LogP contribution is -2.38. The summed E-state index contributed by atoms with van der Waals surface area (Å²) < 4.78 is 0. The average Bonchev–Trinajstić information content (AvgIpc) is 2.91. The van der Waals surface area contributed by atoms with Crippen LogP contribution in [0, 0.1) is 0 Å². The van der Waals surface area contributed by atoms with E-state index in [1.165, 1.54) is 5.56 Å². The Kier molecular flexibility index (Phi) is 4.02. The van der Waals surface area contributed by atoms with Gasteiger partial charge in [-0.25, -0.2) is 0 Å². The summed E-state index contributed by atoms with van der Waals surface area (Å²) in [6.45, 7) is 6.21.